The van der Waals surface area contributed by atoms with E-state index < -0.39 is 17.3 Å². The van der Waals surface area contributed by atoms with Gasteiger partial charge in [0, 0.05) is 25.9 Å². The molecule has 0 spiro atoms. The average Bonchev–Trinajstić information content (AvgIpc) is 3.06. The van der Waals surface area contributed by atoms with E-state index in [0.717, 1.165) is 6.07 Å². The van der Waals surface area contributed by atoms with Crippen LogP contribution in [0.2, 0.25) is 0 Å². The summed E-state index contributed by atoms with van der Waals surface area (Å²) in [5.74, 6) is 0.291. The van der Waals surface area contributed by atoms with Crippen molar-refractivity contribution in [2.24, 2.45) is 0 Å². The predicted octanol–water partition coefficient (Wildman–Crippen LogP) is 2.29. The van der Waals surface area contributed by atoms with E-state index in [1.54, 1.807) is 0 Å². The standard InChI is InChI=1S/C17H17F3N6O2/c18-17(19,20)10-3-1-2-4-11(10)28-9-5-7-26(8-6-9)16-22-12-13(24-16)23-15(21)25-14(12)27/h1-4,9H,5-8H2,(H4,21,22,23,24,25,27). The number of nitrogens with zero attached hydrogens (tertiary/aromatic N) is 3. The summed E-state index contributed by atoms with van der Waals surface area (Å²) < 4.78 is 44.9. The number of aromatic amines is 2. The van der Waals surface area contributed by atoms with Crippen LogP contribution in [0.1, 0.15) is 18.4 Å². The Morgan fingerprint density at radius 3 is 2.57 bits per heavy atom. The molecule has 3 aromatic rings. The number of imidazole rings is 1. The van der Waals surface area contributed by atoms with Crippen LogP contribution in [-0.2, 0) is 6.18 Å². The Bertz CT molecular complexity index is 1050. The lowest BCUT2D eigenvalue weighted by Gasteiger charge is -2.32. The molecule has 8 nitrogen and oxygen atoms in total. The molecular formula is C17H17F3N6O2. The molecule has 1 aromatic carbocycles. The summed E-state index contributed by atoms with van der Waals surface area (Å²) >= 11 is 0. The number of anilines is 2. The van der Waals surface area contributed by atoms with Crippen LogP contribution in [0.25, 0.3) is 11.2 Å². The van der Waals surface area contributed by atoms with Crippen molar-refractivity contribution in [3.63, 3.8) is 0 Å². The fraction of sp³-hybridized carbons (Fsp3) is 0.353. The van der Waals surface area contributed by atoms with Gasteiger partial charge in [-0.05, 0) is 12.1 Å². The van der Waals surface area contributed by atoms with Crippen molar-refractivity contribution in [1.29, 1.82) is 0 Å². The Balaban J connectivity index is 1.46. The van der Waals surface area contributed by atoms with Crippen molar-refractivity contribution in [2.45, 2.75) is 25.1 Å². The number of H-pyrrole nitrogens is 2. The predicted molar refractivity (Wildman–Crippen MR) is 96.2 cm³/mol. The minimum atomic E-state index is -4.46. The SMILES string of the molecule is Nc1nc2[nH]c(N3CCC(Oc4ccccc4C(F)(F)F)CC3)nc2c(=O)[nH]1. The van der Waals surface area contributed by atoms with Crippen LogP contribution in [0, 0.1) is 0 Å². The Kier molecular flexibility index (Phi) is 4.36. The number of nitrogens with one attached hydrogen (secondary N) is 2. The number of hydrogen-bond donors (Lipinski definition) is 3. The van der Waals surface area contributed by atoms with Crippen molar-refractivity contribution in [3.05, 3.63) is 40.2 Å². The highest BCUT2D eigenvalue weighted by molar-refractivity contribution is 5.73. The smallest absolute Gasteiger partial charge is 0.419 e. The van der Waals surface area contributed by atoms with Gasteiger partial charge >= 0.3 is 6.18 Å². The lowest BCUT2D eigenvalue weighted by atomic mass is 10.1. The monoisotopic (exact) mass is 394 g/mol. The molecule has 0 amide bonds. The molecule has 0 saturated carbocycles. The maximum absolute atomic E-state index is 13.1. The summed E-state index contributed by atoms with van der Waals surface area (Å²) in [7, 11) is 0. The Hall–Kier alpha value is -3.24. The van der Waals surface area contributed by atoms with Gasteiger partial charge < -0.3 is 20.4 Å². The summed E-state index contributed by atoms with van der Waals surface area (Å²) in [6.07, 6.45) is -3.79. The second kappa shape index (κ2) is 6.73. The minimum Gasteiger partial charge on any atom is -0.490 e. The molecule has 3 heterocycles. The van der Waals surface area contributed by atoms with Gasteiger partial charge in [0.1, 0.15) is 11.9 Å². The van der Waals surface area contributed by atoms with Gasteiger partial charge in [-0.25, -0.2) is 4.98 Å². The van der Waals surface area contributed by atoms with E-state index in [0.29, 0.717) is 31.9 Å². The molecular weight excluding hydrogens is 377 g/mol. The van der Waals surface area contributed by atoms with Crippen molar-refractivity contribution in [3.8, 4) is 5.75 Å². The molecule has 0 aliphatic carbocycles. The molecule has 2 aromatic heterocycles. The fourth-order valence-electron chi connectivity index (χ4n) is 3.23. The molecule has 0 unspecified atom stereocenters. The number of halogens is 3. The quantitative estimate of drug-likeness (QED) is 0.628. The summed E-state index contributed by atoms with van der Waals surface area (Å²) in [4.78, 5) is 27.4. The van der Waals surface area contributed by atoms with E-state index in [9.17, 15) is 18.0 Å². The van der Waals surface area contributed by atoms with Crippen LogP contribution < -0.4 is 20.9 Å². The number of rotatable bonds is 3. The Morgan fingerprint density at radius 1 is 1.14 bits per heavy atom. The number of para-hydroxylation sites is 1. The molecule has 4 rings (SSSR count). The number of nitrogens with two attached hydrogens (primary N) is 1. The first-order chi connectivity index (χ1) is 13.3. The number of fused-ring (bicyclic) bond motifs is 1. The second-order valence-corrected chi connectivity index (χ2v) is 6.51. The maximum Gasteiger partial charge on any atom is 0.419 e. The van der Waals surface area contributed by atoms with Gasteiger partial charge in [-0.3, -0.25) is 9.78 Å². The molecule has 1 aliphatic heterocycles. The normalized spacial score (nSPS) is 15.9. The molecule has 0 radical (unpaired) electrons. The first kappa shape index (κ1) is 18.1. The Labute approximate surface area is 156 Å². The van der Waals surface area contributed by atoms with Gasteiger partial charge in [0.15, 0.2) is 11.2 Å². The van der Waals surface area contributed by atoms with Crippen LogP contribution in [0.4, 0.5) is 25.1 Å². The molecule has 1 aliphatic rings. The number of nitrogen functional groups attached to an aromatic ring is 1. The first-order valence-electron chi connectivity index (χ1n) is 8.64. The second-order valence-electron chi connectivity index (χ2n) is 6.51. The zero-order chi connectivity index (χ0) is 19.9. The number of aromatic nitrogens is 4. The van der Waals surface area contributed by atoms with E-state index >= 15 is 0 Å². The van der Waals surface area contributed by atoms with Crippen LogP contribution >= 0.6 is 0 Å². The van der Waals surface area contributed by atoms with Gasteiger partial charge in [0.05, 0.1) is 5.56 Å². The zero-order valence-corrected chi connectivity index (χ0v) is 14.6. The van der Waals surface area contributed by atoms with Crippen LogP contribution in [0.15, 0.2) is 29.1 Å². The van der Waals surface area contributed by atoms with Gasteiger partial charge in [0.25, 0.3) is 5.56 Å². The minimum absolute atomic E-state index is 0.0110. The first-order valence-corrected chi connectivity index (χ1v) is 8.64. The number of benzene rings is 1. The summed E-state index contributed by atoms with van der Waals surface area (Å²) in [5, 5.41) is 0. The van der Waals surface area contributed by atoms with E-state index in [-0.39, 0.29) is 29.0 Å². The van der Waals surface area contributed by atoms with Gasteiger partial charge in [0.2, 0.25) is 11.9 Å². The highest BCUT2D eigenvalue weighted by atomic mass is 19.4. The molecule has 4 N–H and O–H groups in total. The van der Waals surface area contributed by atoms with Crippen molar-refractivity contribution in [1.82, 2.24) is 19.9 Å². The molecule has 28 heavy (non-hydrogen) atoms. The van der Waals surface area contributed by atoms with Crippen LogP contribution in [0.3, 0.4) is 0 Å². The Morgan fingerprint density at radius 2 is 1.86 bits per heavy atom. The zero-order valence-electron chi connectivity index (χ0n) is 14.6. The molecule has 148 valence electrons. The van der Waals surface area contributed by atoms with Gasteiger partial charge in [-0.15, -0.1) is 0 Å². The van der Waals surface area contributed by atoms with Crippen LogP contribution in [-0.4, -0.2) is 39.1 Å². The summed E-state index contributed by atoms with van der Waals surface area (Å²) in [5.41, 5.74) is 4.74. The maximum atomic E-state index is 13.1. The van der Waals surface area contributed by atoms with Crippen molar-refractivity contribution < 1.29 is 17.9 Å². The van der Waals surface area contributed by atoms with E-state index in [4.69, 9.17) is 10.5 Å². The molecule has 0 bridgehead atoms. The van der Waals surface area contributed by atoms with Crippen molar-refractivity contribution in [2.75, 3.05) is 23.7 Å². The molecule has 11 heteroatoms. The lowest BCUT2D eigenvalue weighted by Crippen LogP contribution is -2.39. The largest absolute Gasteiger partial charge is 0.490 e. The third-order valence-corrected chi connectivity index (χ3v) is 4.59. The number of alkyl halides is 3. The topological polar surface area (TPSA) is 113 Å². The van der Waals surface area contributed by atoms with Gasteiger partial charge in [-0.1, -0.05) is 12.1 Å². The lowest BCUT2D eigenvalue weighted by molar-refractivity contribution is -0.139. The highest BCUT2D eigenvalue weighted by Crippen LogP contribution is 2.37. The van der Waals surface area contributed by atoms with Gasteiger partial charge in [-0.2, -0.15) is 18.2 Å². The summed E-state index contributed by atoms with van der Waals surface area (Å²) in [6, 6.07) is 5.19. The number of hydrogen-bond acceptors (Lipinski definition) is 6. The molecule has 1 fully saturated rings. The third-order valence-electron chi connectivity index (χ3n) is 4.59. The van der Waals surface area contributed by atoms with E-state index in [1.807, 2.05) is 4.90 Å². The van der Waals surface area contributed by atoms with Crippen molar-refractivity contribution >= 4 is 23.1 Å². The average molecular weight is 394 g/mol. The number of ether oxygens (including phenoxy) is 1. The molecule has 0 atom stereocenters. The van der Waals surface area contributed by atoms with E-state index in [1.165, 1.54) is 18.2 Å². The van der Waals surface area contributed by atoms with Crippen LogP contribution in [0.5, 0.6) is 5.75 Å². The highest BCUT2D eigenvalue weighted by Gasteiger charge is 2.35. The molecule has 1 saturated heterocycles. The van der Waals surface area contributed by atoms with E-state index in [2.05, 4.69) is 19.9 Å². The summed E-state index contributed by atoms with van der Waals surface area (Å²) in [6.45, 7) is 1.01. The fourth-order valence-corrected chi connectivity index (χ4v) is 3.23. The number of piperidine rings is 1. The third kappa shape index (κ3) is 3.47.